The van der Waals surface area contributed by atoms with E-state index in [2.05, 4.69) is 15.4 Å². The Kier molecular flexibility index (Phi) is 3.26. The molecule has 4 nitrogen and oxygen atoms in total. The van der Waals surface area contributed by atoms with Gasteiger partial charge < -0.3 is 0 Å². The summed E-state index contributed by atoms with van der Waals surface area (Å²) in [6.45, 7) is 0. The van der Waals surface area contributed by atoms with Crippen molar-refractivity contribution < 1.29 is 4.21 Å². The molecule has 0 aliphatic carbocycles. The Balaban J connectivity index is 2.14. The molecule has 0 aliphatic rings. The Morgan fingerprint density at radius 1 is 1.25 bits per heavy atom. The number of nitrogens with zero attached hydrogens (tertiary/aromatic N) is 2. The number of hydrogen-bond acceptors (Lipinski definition) is 3. The highest BCUT2D eigenvalue weighted by atomic mass is 32.2. The summed E-state index contributed by atoms with van der Waals surface area (Å²) in [5, 5.41) is 10.1. The lowest BCUT2D eigenvalue weighted by Crippen LogP contribution is -1.86. The first-order valence-corrected chi connectivity index (χ1v) is 6.29. The van der Waals surface area contributed by atoms with Gasteiger partial charge >= 0.3 is 0 Å². The van der Waals surface area contributed by atoms with E-state index >= 15 is 0 Å². The molecule has 0 fully saturated rings. The van der Waals surface area contributed by atoms with Crippen molar-refractivity contribution in [2.24, 2.45) is 0 Å². The fourth-order valence-electron chi connectivity index (χ4n) is 1.24. The van der Waals surface area contributed by atoms with Crippen LogP contribution in [-0.2, 0) is 10.8 Å². The van der Waals surface area contributed by atoms with Crippen LogP contribution < -0.4 is 0 Å². The summed E-state index contributed by atoms with van der Waals surface area (Å²) < 4.78 is 11.2. The van der Waals surface area contributed by atoms with Crippen molar-refractivity contribution >= 4 is 23.0 Å². The van der Waals surface area contributed by atoms with E-state index in [9.17, 15) is 4.21 Å². The zero-order valence-corrected chi connectivity index (χ0v) is 9.57. The van der Waals surface area contributed by atoms with Crippen LogP contribution in [0.1, 0.15) is 11.3 Å². The molecule has 0 saturated carbocycles. The van der Waals surface area contributed by atoms with Crippen LogP contribution in [0.5, 0.6) is 0 Å². The molecular weight excluding hydrogens is 222 g/mol. The van der Waals surface area contributed by atoms with Crippen molar-refractivity contribution in [1.29, 1.82) is 0 Å². The van der Waals surface area contributed by atoms with Gasteiger partial charge in [-0.05, 0) is 23.8 Å². The van der Waals surface area contributed by atoms with Crippen LogP contribution >= 0.6 is 0 Å². The first-order valence-electron chi connectivity index (χ1n) is 4.73. The van der Waals surface area contributed by atoms with Gasteiger partial charge in [-0.1, -0.05) is 18.2 Å². The summed E-state index contributed by atoms with van der Waals surface area (Å²) in [6.07, 6.45) is 7.10. The van der Waals surface area contributed by atoms with E-state index in [0.29, 0.717) is 0 Å². The number of aromatic nitrogens is 3. The Morgan fingerprint density at radius 2 is 2.00 bits per heavy atom. The van der Waals surface area contributed by atoms with Gasteiger partial charge in [-0.25, -0.2) is 0 Å². The SMILES string of the molecule is CS(=O)c1ccc(/C=C/c2cn[nH]n2)cc1. The fraction of sp³-hybridized carbons (Fsp3) is 0.0909. The molecule has 1 atom stereocenters. The van der Waals surface area contributed by atoms with E-state index in [1.165, 1.54) is 0 Å². The minimum atomic E-state index is -0.922. The molecular formula is C11H11N3OS. The summed E-state index contributed by atoms with van der Waals surface area (Å²) in [4.78, 5) is 0.832. The minimum absolute atomic E-state index is 0.781. The summed E-state index contributed by atoms with van der Waals surface area (Å²) >= 11 is 0. The van der Waals surface area contributed by atoms with Gasteiger partial charge in [0.25, 0.3) is 0 Å². The largest absolute Gasteiger partial charge is 0.255 e. The van der Waals surface area contributed by atoms with E-state index in [1.807, 2.05) is 36.4 Å². The lowest BCUT2D eigenvalue weighted by atomic mass is 10.2. The summed E-state index contributed by atoms with van der Waals surface area (Å²) in [5.41, 5.74) is 1.82. The molecule has 1 N–H and O–H groups in total. The normalized spacial score (nSPS) is 13.1. The van der Waals surface area contributed by atoms with E-state index in [0.717, 1.165) is 16.2 Å². The Labute approximate surface area is 95.9 Å². The van der Waals surface area contributed by atoms with Crippen LogP contribution in [0.15, 0.2) is 35.4 Å². The summed E-state index contributed by atoms with van der Waals surface area (Å²) in [6, 6.07) is 7.57. The first kappa shape index (κ1) is 10.8. The minimum Gasteiger partial charge on any atom is -0.255 e. The molecule has 1 unspecified atom stereocenters. The van der Waals surface area contributed by atoms with Gasteiger partial charge in [-0.15, -0.1) is 0 Å². The van der Waals surface area contributed by atoms with Crippen LogP contribution in [0.2, 0.25) is 0 Å². The standard InChI is InChI=1S/C11H11N3OS/c1-16(15)11-6-3-9(4-7-11)2-5-10-8-12-14-13-10/h2-8H,1H3,(H,12,13,14)/b5-2+. The second kappa shape index (κ2) is 4.85. The van der Waals surface area contributed by atoms with Gasteiger partial charge in [0.1, 0.15) is 5.69 Å². The molecule has 1 aromatic heterocycles. The third-order valence-electron chi connectivity index (χ3n) is 2.09. The summed E-state index contributed by atoms with van der Waals surface area (Å²) in [5.74, 6) is 0. The van der Waals surface area contributed by atoms with Gasteiger partial charge in [0, 0.05) is 22.0 Å². The molecule has 0 bridgehead atoms. The molecule has 1 heterocycles. The maximum atomic E-state index is 11.2. The third kappa shape index (κ3) is 2.64. The molecule has 0 amide bonds. The molecule has 1 aromatic carbocycles. The van der Waals surface area contributed by atoms with Gasteiger partial charge in [0.05, 0.1) is 6.20 Å². The number of rotatable bonds is 3. The highest BCUT2D eigenvalue weighted by Crippen LogP contribution is 2.10. The quantitative estimate of drug-likeness (QED) is 0.878. The number of hydrogen-bond donors (Lipinski definition) is 1. The van der Waals surface area contributed by atoms with Crippen LogP contribution in [0, 0.1) is 0 Å². The van der Waals surface area contributed by atoms with E-state index in [4.69, 9.17) is 0 Å². The highest BCUT2D eigenvalue weighted by molar-refractivity contribution is 7.84. The number of nitrogens with one attached hydrogen (secondary N) is 1. The zero-order valence-electron chi connectivity index (χ0n) is 8.75. The average Bonchev–Trinajstić information content (AvgIpc) is 2.80. The smallest absolute Gasteiger partial charge is 0.105 e. The fourth-order valence-corrected chi connectivity index (χ4v) is 1.76. The average molecular weight is 233 g/mol. The zero-order chi connectivity index (χ0) is 11.4. The van der Waals surface area contributed by atoms with E-state index in [-0.39, 0.29) is 0 Å². The van der Waals surface area contributed by atoms with Gasteiger partial charge in [-0.2, -0.15) is 15.4 Å². The molecule has 16 heavy (non-hydrogen) atoms. The maximum Gasteiger partial charge on any atom is 0.105 e. The van der Waals surface area contributed by atoms with E-state index in [1.54, 1.807) is 12.5 Å². The first-order chi connectivity index (χ1) is 7.75. The van der Waals surface area contributed by atoms with Crippen molar-refractivity contribution in [3.8, 4) is 0 Å². The number of benzene rings is 1. The van der Waals surface area contributed by atoms with Crippen molar-refractivity contribution in [2.75, 3.05) is 6.26 Å². The second-order valence-electron chi connectivity index (χ2n) is 3.25. The predicted molar refractivity (Wildman–Crippen MR) is 64.1 cm³/mol. The number of aromatic amines is 1. The van der Waals surface area contributed by atoms with Crippen LogP contribution in [0.3, 0.4) is 0 Å². The maximum absolute atomic E-state index is 11.2. The van der Waals surface area contributed by atoms with E-state index < -0.39 is 10.8 Å². The Bertz CT molecular complexity index is 503. The predicted octanol–water partition coefficient (Wildman–Crippen LogP) is 1.71. The van der Waals surface area contributed by atoms with Crippen molar-refractivity contribution in [3.05, 3.63) is 41.7 Å². The lowest BCUT2D eigenvalue weighted by molar-refractivity contribution is 0.687. The molecule has 82 valence electrons. The molecule has 0 spiro atoms. The molecule has 2 aromatic rings. The van der Waals surface area contributed by atoms with Gasteiger partial charge in [-0.3, -0.25) is 4.21 Å². The molecule has 2 rings (SSSR count). The highest BCUT2D eigenvalue weighted by Gasteiger charge is 1.95. The van der Waals surface area contributed by atoms with Crippen LogP contribution in [-0.4, -0.2) is 25.9 Å². The lowest BCUT2D eigenvalue weighted by Gasteiger charge is -1.96. The van der Waals surface area contributed by atoms with Crippen molar-refractivity contribution in [1.82, 2.24) is 15.4 Å². The second-order valence-corrected chi connectivity index (χ2v) is 4.63. The molecule has 0 saturated heterocycles. The monoisotopic (exact) mass is 233 g/mol. The molecule has 0 radical (unpaired) electrons. The molecule has 0 aliphatic heterocycles. The Morgan fingerprint density at radius 3 is 2.56 bits per heavy atom. The molecule has 5 heteroatoms. The van der Waals surface area contributed by atoms with Crippen molar-refractivity contribution in [2.45, 2.75) is 4.90 Å². The number of H-pyrrole nitrogens is 1. The van der Waals surface area contributed by atoms with Gasteiger partial charge in [0.15, 0.2) is 0 Å². The van der Waals surface area contributed by atoms with Crippen molar-refractivity contribution in [3.63, 3.8) is 0 Å². The van der Waals surface area contributed by atoms with Crippen LogP contribution in [0.4, 0.5) is 0 Å². The Hall–Kier alpha value is -1.75. The third-order valence-corrected chi connectivity index (χ3v) is 3.03. The summed E-state index contributed by atoms with van der Waals surface area (Å²) in [7, 11) is -0.922. The van der Waals surface area contributed by atoms with Gasteiger partial charge in [0.2, 0.25) is 0 Å². The topological polar surface area (TPSA) is 58.6 Å². The van der Waals surface area contributed by atoms with Crippen LogP contribution in [0.25, 0.3) is 12.2 Å².